The summed E-state index contributed by atoms with van der Waals surface area (Å²) < 4.78 is 0. The first-order valence-corrected chi connectivity index (χ1v) is 9.22. The van der Waals surface area contributed by atoms with Crippen LogP contribution in [0.4, 0.5) is 23.1 Å². The summed E-state index contributed by atoms with van der Waals surface area (Å²) in [4.78, 5) is 26.0. The highest BCUT2D eigenvalue weighted by molar-refractivity contribution is 5.65. The van der Waals surface area contributed by atoms with Gasteiger partial charge in [-0.25, -0.2) is 4.98 Å². The van der Waals surface area contributed by atoms with Gasteiger partial charge in [0.25, 0.3) is 5.69 Å². The van der Waals surface area contributed by atoms with E-state index >= 15 is 0 Å². The van der Waals surface area contributed by atoms with E-state index in [-0.39, 0.29) is 5.69 Å². The monoisotopic (exact) mass is 393 g/mol. The molecule has 2 N–H and O–H groups in total. The molecule has 9 heteroatoms. The molecule has 0 bridgehead atoms. The van der Waals surface area contributed by atoms with Crippen molar-refractivity contribution in [1.29, 1.82) is 0 Å². The molecule has 0 atom stereocenters. The molecule has 2 heterocycles. The van der Waals surface area contributed by atoms with Crippen molar-refractivity contribution < 1.29 is 4.92 Å². The summed E-state index contributed by atoms with van der Waals surface area (Å²) in [5.74, 6) is 1.07. The summed E-state index contributed by atoms with van der Waals surface area (Å²) in [6.07, 6.45) is 2.67. The van der Waals surface area contributed by atoms with Crippen molar-refractivity contribution in [2.75, 3.05) is 37.8 Å². The van der Waals surface area contributed by atoms with Gasteiger partial charge < -0.3 is 15.5 Å². The molecule has 2 aromatic heterocycles. The Hall–Kier alpha value is -3.59. The standard InChI is InChI=1S/C20H23N7O2/c1-26(2)13-5-12-22-20-24-18(17-6-3-4-11-21-17)14-19(25-20)23-15-7-9-16(10-8-15)27(28)29/h3-4,6-11,14H,5,12-13H2,1-2H3,(H2,22,23,24,25). The Labute approximate surface area is 169 Å². The molecule has 0 radical (unpaired) electrons. The molecule has 0 saturated heterocycles. The Morgan fingerprint density at radius 2 is 1.86 bits per heavy atom. The van der Waals surface area contributed by atoms with Crippen LogP contribution >= 0.6 is 0 Å². The molecule has 0 spiro atoms. The van der Waals surface area contributed by atoms with Gasteiger partial charge in [0.2, 0.25) is 5.95 Å². The maximum Gasteiger partial charge on any atom is 0.269 e. The number of rotatable bonds is 9. The SMILES string of the molecule is CN(C)CCCNc1nc(Nc2ccc([N+](=O)[O-])cc2)cc(-c2ccccn2)n1. The average Bonchev–Trinajstić information content (AvgIpc) is 2.72. The number of aromatic nitrogens is 3. The van der Waals surface area contributed by atoms with Crippen molar-refractivity contribution in [3.63, 3.8) is 0 Å². The van der Waals surface area contributed by atoms with Gasteiger partial charge in [0, 0.05) is 36.6 Å². The van der Waals surface area contributed by atoms with Crippen molar-refractivity contribution >= 4 is 23.1 Å². The summed E-state index contributed by atoms with van der Waals surface area (Å²) in [7, 11) is 4.06. The second kappa shape index (κ2) is 9.56. The van der Waals surface area contributed by atoms with Gasteiger partial charge in [-0.05, 0) is 51.3 Å². The minimum Gasteiger partial charge on any atom is -0.354 e. The largest absolute Gasteiger partial charge is 0.354 e. The van der Waals surface area contributed by atoms with Crippen molar-refractivity contribution in [1.82, 2.24) is 19.9 Å². The summed E-state index contributed by atoms with van der Waals surface area (Å²) in [5.41, 5.74) is 2.15. The smallest absolute Gasteiger partial charge is 0.269 e. The maximum absolute atomic E-state index is 10.8. The van der Waals surface area contributed by atoms with E-state index in [2.05, 4.69) is 30.5 Å². The van der Waals surface area contributed by atoms with E-state index in [4.69, 9.17) is 0 Å². The summed E-state index contributed by atoms with van der Waals surface area (Å²) in [6.45, 7) is 1.70. The minimum absolute atomic E-state index is 0.0376. The number of nitro benzene ring substituents is 1. The second-order valence-corrected chi connectivity index (χ2v) is 6.69. The highest BCUT2D eigenvalue weighted by atomic mass is 16.6. The maximum atomic E-state index is 10.8. The van der Waals surface area contributed by atoms with Gasteiger partial charge in [0.05, 0.1) is 16.3 Å². The van der Waals surface area contributed by atoms with Gasteiger partial charge in [-0.1, -0.05) is 6.07 Å². The Morgan fingerprint density at radius 3 is 2.52 bits per heavy atom. The van der Waals surface area contributed by atoms with Crippen molar-refractivity contribution in [3.8, 4) is 11.4 Å². The second-order valence-electron chi connectivity index (χ2n) is 6.69. The van der Waals surface area contributed by atoms with Crippen LogP contribution in [0.5, 0.6) is 0 Å². The van der Waals surface area contributed by atoms with Crippen LogP contribution in [-0.4, -0.2) is 52.0 Å². The third kappa shape index (κ3) is 5.94. The molecule has 9 nitrogen and oxygen atoms in total. The predicted octanol–water partition coefficient (Wildman–Crippen LogP) is 3.55. The van der Waals surface area contributed by atoms with Crippen molar-refractivity contribution in [2.24, 2.45) is 0 Å². The van der Waals surface area contributed by atoms with E-state index in [9.17, 15) is 10.1 Å². The van der Waals surface area contributed by atoms with Crippen LogP contribution in [-0.2, 0) is 0 Å². The van der Waals surface area contributed by atoms with E-state index in [1.54, 1.807) is 24.4 Å². The first-order valence-electron chi connectivity index (χ1n) is 9.22. The van der Waals surface area contributed by atoms with Crippen LogP contribution in [0, 0.1) is 10.1 Å². The number of nitrogens with zero attached hydrogens (tertiary/aromatic N) is 5. The van der Waals surface area contributed by atoms with Gasteiger partial charge in [-0.2, -0.15) is 4.98 Å². The average molecular weight is 393 g/mol. The van der Waals surface area contributed by atoms with Crippen molar-refractivity contribution in [3.05, 3.63) is 64.8 Å². The lowest BCUT2D eigenvalue weighted by Gasteiger charge is -2.12. The quantitative estimate of drug-likeness (QED) is 0.323. The fraction of sp³-hybridized carbons (Fsp3) is 0.250. The molecule has 3 aromatic rings. The molecule has 3 rings (SSSR count). The van der Waals surface area contributed by atoms with Gasteiger partial charge in [-0.15, -0.1) is 0 Å². The fourth-order valence-corrected chi connectivity index (χ4v) is 2.65. The molecule has 0 aliphatic carbocycles. The summed E-state index contributed by atoms with van der Waals surface area (Å²) in [6, 6.07) is 13.6. The van der Waals surface area contributed by atoms with E-state index in [1.165, 1.54) is 12.1 Å². The van der Waals surface area contributed by atoms with E-state index in [1.807, 2.05) is 32.3 Å². The number of nitrogens with one attached hydrogen (secondary N) is 2. The number of hydrogen-bond acceptors (Lipinski definition) is 8. The molecule has 0 unspecified atom stereocenters. The number of anilines is 3. The highest BCUT2D eigenvalue weighted by Crippen LogP contribution is 2.23. The lowest BCUT2D eigenvalue weighted by Crippen LogP contribution is -2.17. The molecule has 1 aromatic carbocycles. The summed E-state index contributed by atoms with van der Waals surface area (Å²) in [5, 5.41) is 17.3. The zero-order valence-electron chi connectivity index (χ0n) is 16.4. The lowest BCUT2D eigenvalue weighted by molar-refractivity contribution is -0.384. The molecule has 0 aliphatic rings. The molecule has 0 amide bonds. The Morgan fingerprint density at radius 1 is 1.07 bits per heavy atom. The zero-order chi connectivity index (χ0) is 20.6. The van der Waals surface area contributed by atoms with Gasteiger partial charge in [0.15, 0.2) is 0 Å². The topological polar surface area (TPSA) is 109 Å². The Kier molecular flexibility index (Phi) is 6.64. The predicted molar refractivity (Wildman–Crippen MR) is 113 cm³/mol. The molecular weight excluding hydrogens is 370 g/mol. The Balaban J connectivity index is 1.82. The Bertz CT molecular complexity index is 947. The molecular formula is C20H23N7O2. The molecule has 0 saturated carbocycles. The number of non-ortho nitro benzene ring substituents is 1. The first-order chi connectivity index (χ1) is 14.0. The van der Waals surface area contributed by atoms with Crippen LogP contribution < -0.4 is 10.6 Å². The number of hydrogen-bond donors (Lipinski definition) is 2. The fourth-order valence-electron chi connectivity index (χ4n) is 2.65. The summed E-state index contributed by atoms with van der Waals surface area (Å²) >= 11 is 0. The zero-order valence-corrected chi connectivity index (χ0v) is 16.4. The molecule has 0 fully saturated rings. The number of nitro groups is 1. The number of benzene rings is 1. The first kappa shape index (κ1) is 20.2. The lowest BCUT2D eigenvalue weighted by atomic mass is 10.2. The van der Waals surface area contributed by atoms with E-state index in [0.717, 1.165) is 25.2 Å². The molecule has 0 aliphatic heterocycles. The third-order valence-electron chi connectivity index (χ3n) is 4.07. The van der Waals surface area contributed by atoms with Crippen molar-refractivity contribution in [2.45, 2.75) is 6.42 Å². The molecule has 29 heavy (non-hydrogen) atoms. The van der Waals surface area contributed by atoms with Gasteiger partial charge >= 0.3 is 0 Å². The van der Waals surface area contributed by atoms with E-state index in [0.29, 0.717) is 23.1 Å². The third-order valence-corrected chi connectivity index (χ3v) is 4.07. The van der Waals surface area contributed by atoms with E-state index < -0.39 is 4.92 Å². The highest BCUT2D eigenvalue weighted by Gasteiger charge is 2.09. The van der Waals surface area contributed by atoms with Crippen LogP contribution in [0.2, 0.25) is 0 Å². The van der Waals surface area contributed by atoms with Gasteiger partial charge in [0.1, 0.15) is 5.82 Å². The normalized spacial score (nSPS) is 10.7. The van der Waals surface area contributed by atoms with Crippen LogP contribution in [0.25, 0.3) is 11.4 Å². The van der Waals surface area contributed by atoms with Crippen LogP contribution in [0.3, 0.4) is 0 Å². The number of pyridine rings is 1. The van der Waals surface area contributed by atoms with Gasteiger partial charge in [-0.3, -0.25) is 15.1 Å². The van der Waals surface area contributed by atoms with Crippen LogP contribution in [0.1, 0.15) is 6.42 Å². The molecule has 150 valence electrons. The van der Waals surface area contributed by atoms with Crippen LogP contribution in [0.15, 0.2) is 54.7 Å². The minimum atomic E-state index is -0.427.